The second kappa shape index (κ2) is 7.14. The lowest BCUT2D eigenvalue weighted by atomic mass is 10.1. The fraction of sp³-hybridized carbons (Fsp3) is 0.250. The van der Waals surface area contributed by atoms with Crippen LogP contribution in [0.2, 0.25) is 0 Å². The molecule has 2 amide bonds. The largest absolute Gasteiger partial charge is 0.454 e. The van der Waals surface area contributed by atoms with Crippen LogP contribution in [0.3, 0.4) is 0 Å². The summed E-state index contributed by atoms with van der Waals surface area (Å²) in [6, 6.07) is 12.6. The van der Waals surface area contributed by atoms with Crippen LogP contribution in [0.4, 0.5) is 11.4 Å². The zero-order valence-corrected chi connectivity index (χ0v) is 16.1. The number of nitrogens with zero attached hydrogens (tertiary/aromatic N) is 5. The molecule has 1 fully saturated rings. The summed E-state index contributed by atoms with van der Waals surface area (Å²) in [4.78, 5) is 27.0. The number of nitrogens with one attached hydrogen (secondary N) is 1. The van der Waals surface area contributed by atoms with Crippen molar-refractivity contribution in [3.63, 3.8) is 0 Å². The molecule has 30 heavy (non-hydrogen) atoms. The zero-order chi connectivity index (χ0) is 20.7. The number of tetrazole rings is 1. The minimum absolute atomic E-state index is 0.104. The molecule has 0 radical (unpaired) electrons. The molecule has 0 saturated carbocycles. The average molecular weight is 406 g/mol. The number of carbonyl (C=O) groups is 2. The summed E-state index contributed by atoms with van der Waals surface area (Å²) in [6.07, 6.45) is 0.146. The van der Waals surface area contributed by atoms with Gasteiger partial charge in [-0.25, -0.2) is 4.68 Å². The van der Waals surface area contributed by atoms with Crippen LogP contribution in [0, 0.1) is 5.92 Å². The quantitative estimate of drug-likeness (QED) is 0.700. The molecule has 0 bridgehead atoms. The number of benzene rings is 2. The summed E-state index contributed by atoms with van der Waals surface area (Å²) < 4.78 is 12.2. The van der Waals surface area contributed by atoms with E-state index in [1.54, 1.807) is 47.0 Å². The van der Waals surface area contributed by atoms with Crippen molar-refractivity contribution in [1.82, 2.24) is 20.2 Å². The third-order valence-corrected chi connectivity index (χ3v) is 5.17. The van der Waals surface area contributed by atoms with Gasteiger partial charge < -0.3 is 19.7 Å². The molecule has 0 aliphatic carbocycles. The molecule has 2 aliphatic heterocycles. The molecule has 3 aromatic rings. The minimum atomic E-state index is -0.455. The number of hydrogen-bond acceptors (Lipinski definition) is 7. The first-order valence-corrected chi connectivity index (χ1v) is 9.42. The molecular weight excluding hydrogens is 388 g/mol. The van der Waals surface area contributed by atoms with Gasteiger partial charge in [-0.1, -0.05) is 12.1 Å². The number of carbonyl (C=O) groups excluding carboxylic acids is 2. The van der Waals surface area contributed by atoms with Crippen molar-refractivity contribution in [1.29, 1.82) is 0 Å². The van der Waals surface area contributed by atoms with E-state index in [2.05, 4.69) is 20.8 Å². The van der Waals surface area contributed by atoms with Crippen molar-refractivity contribution < 1.29 is 19.1 Å². The Hall–Kier alpha value is -3.95. The van der Waals surface area contributed by atoms with E-state index < -0.39 is 5.92 Å². The van der Waals surface area contributed by atoms with Crippen LogP contribution in [0.25, 0.3) is 11.4 Å². The number of rotatable bonds is 4. The van der Waals surface area contributed by atoms with Gasteiger partial charge in [-0.05, 0) is 34.7 Å². The maximum absolute atomic E-state index is 12.8. The van der Waals surface area contributed by atoms with Crippen molar-refractivity contribution in [3.8, 4) is 22.9 Å². The van der Waals surface area contributed by atoms with Crippen LogP contribution >= 0.6 is 0 Å². The number of fused-ring (bicyclic) bond motifs is 1. The summed E-state index contributed by atoms with van der Waals surface area (Å²) in [5.74, 6) is 1.08. The third kappa shape index (κ3) is 3.21. The summed E-state index contributed by atoms with van der Waals surface area (Å²) in [7, 11) is 1.75. The highest BCUT2D eigenvalue weighted by atomic mass is 16.7. The van der Waals surface area contributed by atoms with Gasteiger partial charge in [0.2, 0.25) is 18.6 Å². The number of aromatic nitrogens is 4. The first-order chi connectivity index (χ1) is 14.6. The van der Waals surface area contributed by atoms with Gasteiger partial charge in [0.25, 0.3) is 0 Å². The van der Waals surface area contributed by atoms with E-state index in [9.17, 15) is 9.59 Å². The Balaban J connectivity index is 1.30. The Morgan fingerprint density at radius 1 is 1.17 bits per heavy atom. The highest BCUT2D eigenvalue weighted by molar-refractivity contribution is 6.03. The number of ether oxygens (including phenoxy) is 2. The smallest absolute Gasteiger partial charge is 0.231 e. The molecule has 10 heteroatoms. The van der Waals surface area contributed by atoms with Gasteiger partial charge in [-0.15, -0.1) is 5.10 Å². The Kier molecular flexibility index (Phi) is 4.31. The van der Waals surface area contributed by atoms with Crippen LogP contribution in [-0.4, -0.2) is 45.4 Å². The van der Waals surface area contributed by atoms with Crippen molar-refractivity contribution >= 4 is 23.2 Å². The second-order valence-corrected chi connectivity index (χ2v) is 7.14. The normalized spacial score (nSPS) is 17.4. The van der Waals surface area contributed by atoms with E-state index >= 15 is 0 Å². The zero-order valence-electron chi connectivity index (χ0n) is 16.1. The van der Waals surface area contributed by atoms with Gasteiger partial charge in [0.05, 0.1) is 5.92 Å². The van der Waals surface area contributed by atoms with E-state index in [0.717, 1.165) is 5.56 Å². The molecule has 1 unspecified atom stereocenters. The van der Waals surface area contributed by atoms with Crippen LogP contribution in [0.5, 0.6) is 11.5 Å². The minimum Gasteiger partial charge on any atom is -0.454 e. The highest BCUT2D eigenvalue weighted by Crippen LogP contribution is 2.37. The highest BCUT2D eigenvalue weighted by Gasteiger charge is 2.35. The molecule has 1 saturated heterocycles. The Bertz CT molecular complexity index is 1140. The Morgan fingerprint density at radius 2 is 2.03 bits per heavy atom. The van der Waals surface area contributed by atoms with Crippen molar-refractivity contribution in [2.75, 3.05) is 23.6 Å². The lowest BCUT2D eigenvalue weighted by Gasteiger charge is -2.17. The van der Waals surface area contributed by atoms with E-state index in [0.29, 0.717) is 35.2 Å². The molecular formula is C20H18N6O4. The fourth-order valence-corrected chi connectivity index (χ4v) is 3.64. The molecule has 1 atom stereocenters. The number of hydrogen-bond donors (Lipinski definition) is 1. The standard InChI is InChI=1S/C20H18N6O4/c1-25-19(22-23-24-25)12-3-2-4-14(7-12)21-20(28)13-8-18(27)26(10-13)15-5-6-16-17(9-15)30-11-29-16/h2-7,9,13H,8,10-11H2,1H3,(H,21,28). The monoisotopic (exact) mass is 406 g/mol. The van der Waals surface area contributed by atoms with Gasteiger partial charge in [0, 0.05) is 43.0 Å². The molecule has 5 rings (SSSR count). The lowest BCUT2D eigenvalue weighted by Crippen LogP contribution is -2.28. The number of aryl methyl sites for hydroxylation is 1. The Morgan fingerprint density at radius 3 is 2.87 bits per heavy atom. The third-order valence-electron chi connectivity index (χ3n) is 5.17. The van der Waals surface area contributed by atoms with Gasteiger partial charge in [-0.2, -0.15) is 0 Å². The van der Waals surface area contributed by atoms with Crippen LogP contribution < -0.4 is 19.7 Å². The van der Waals surface area contributed by atoms with E-state index in [1.807, 2.05) is 12.1 Å². The molecule has 10 nitrogen and oxygen atoms in total. The van der Waals surface area contributed by atoms with E-state index in [1.165, 1.54) is 0 Å². The summed E-state index contributed by atoms with van der Waals surface area (Å²) >= 11 is 0. The maximum atomic E-state index is 12.8. The summed E-state index contributed by atoms with van der Waals surface area (Å²) in [5, 5.41) is 14.3. The molecule has 0 spiro atoms. The van der Waals surface area contributed by atoms with Crippen LogP contribution in [0.15, 0.2) is 42.5 Å². The topological polar surface area (TPSA) is 111 Å². The van der Waals surface area contributed by atoms with Crippen molar-refractivity contribution in [3.05, 3.63) is 42.5 Å². The lowest BCUT2D eigenvalue weighted by molar-refractivity contribution is -0.122. The molecule has 1 N–H and O–H groups in total. The fourth-order valence-electron chi connectivity index (χ4n) is 3.64. The molecule has 1 aromatic heterocycles. The first-order valence-electron chi connectivity index (χ1n) is 9.42. The summed E-state index contributed by atoms with van der Waals surface area (Å²) in [6.45, 7) is 0.471. The Labute approximate surface area is 171 Å². The predicted octanol–water partition coefficient (Wildman–Crippen LogP) is 1.60. The SMILES string of the molecule is Cn1nnnc1-c1cccc(NC(=O)C2CC(=O)N(c3ccc4c(c3)OCO4)C2)c1. The summed E-state index contributed by atoms with van der Waals surface area (Å²) in [5.41, 5.74) is 2.09. The van der Waals surface area contributed by atoms with Crippen molar-refractivity contribution in [2.45, 2.75) is 6.42 Å². The van der Waals surface area contributed by atoms with Crippen LogP contribution in [-0.2, 0) is 16.6 Å². The van der Waals surface area contributed by atoms with E-state index in [-0.39, 0.29) is 25.0 Å². The van der Waals surface area contributed by atoms with Gasteiger partial charge in [-0.3, -0.25) is 9.59 Å². The first kappa shape index (κ1) is 18.1. The van der Waals surface area contributed by atoms with Crippen LogP contribution in [0.1, 0.15) is 6.42 Å². The van der Waals surface area contributed by atoms with E-state index in [4.69, 9.17) is 9.47 Å². The average Bonchev–Trinajstić information content (AvgIpc) is 3.47. The molecule has 152 valence electrons. The van der Waals surface area contributed by atoms with Crippen molar-refractivity contribution in [2.24, 2.45) is 13.0 Å². The second-order valence-electron chi connectivity index (χ2n) is 7.14. The maximum Gasteiger partial charge on any atom is 0.231 e. The molecule has 3 heterocycles. The number of amides is 2. The van der Waals surface area contributed by atoms with Gasteiger partial charge in [0.15, 0.2) is 17.3 Å². The molecule has 2 aromatic carbocycles. The van der Waals surface area contributed by atoms with Gasteiger partial charge in [0.1, 0.15) is 0 Å². The van der Waals surface area contributed by atoms with Gasteiger partial charge >= 0.3 is 0 Å². The number of anilines is 2. The molecule has 2 aliphatic rings. The predicted molar refractivity (Wildman–Crippen MR) is 106 cm³/mol.